The van der Waals surface area contributed by atoms with Gasteiger partial charge in [-0.15, -0.1) is 0 Å². The molecule has 0 spiro atoms. The van der Waals surface area contributed by atoms with E-state index < -0.39 is 0 Å². The van der Waals surface area contributed by atoms with Crippen molar-refractivity contribution < 1.29 is 0 Å². The third-order valence-corrected chi connectivity index (χ3v) is 2.56. The Kier molecular flexibility index (Phi) is 3.01. The van der Waals surface area contributed by atoms with Crippen LogP contribution in [0.4, 0.5) is 11.8 Å². The van der Waals surface area contributed by atoms with Gasteiger partial charge in [-0.25, -0.2) is 4.98 Å². The van der Waals surface area contributed by atoms with Crippen molar-refractivity contribution >= 4 is 11.8 Å². The number of piperidine rings is 1. The molecule has 1 aliphatic heterocycles. The molecule has 2 heterocycles. The van der Waals surface area contributed by atoms with Crippen LogP contribution >= 0.6 is 0 Å². The summed E-state index contributed by atoms with van der Waals surface area (Å²) >= 11 is 0. The lowest BCUT2D eigenvalue weighted by atomic mass is 10.1. The summed E-state index contributed by atoms with van der Waals surface area (Å²) < 4.78 is 0. The molecule has 2 rings (SSSR count). The summed E-state index contributed by atoms with van der Waals surface area (Å²) in [6.07, 6.45) is 2.26. The number of aryl methyl sites for hydroxylation is 1. The lowest BCUT2D eigenvalue weighted by Crippen LogP contribution is -2.35. The summed E-state index contributed by atoms with van der Waals surface area (Å²) in [6.45, 7) is 4.06. The van der Waals surface area contributed by atoms with Crippen LogP contribution in [0.2, 0.25) is 0 Å². The third-order valence-electron chi connectivity index (χ3n) is 2.56. The molecule has 0 aromatic carbocycles. The Bertz CT molecular complexity index is 312. The molecule has 1 aliphatic rings. The number of hydrogen-bond acceptors (Lipinski definition) is 5. The lowest BCUT2D eigenvalue weighted by molar-refractivity contribution is 0.478. The van der Waals surface area contributed by atoms with E-state index in [2.05, 4.69) is 20.6 Å². The standard InChI is InChI=1S/C10H17N5/c1-7-6-9(15-10(11)13-7)14-8-2-4-12-5-3-8/h6,8,12H,2-5H2,1H3,(H3,11,13,14,15). The predicted molar refractivity (Wildman–Crippen MR) is 60.7 cm³/mol. The SMILES string of the molecule is Cc1cc(NC2CCNCC2)nc(N)n1. The van der Waals surface area contributed by atoms with Crippen LogP contribution in [-0.4, -0.2) is 29.1 Å². The predicted octanol–water partition coefficient (Wildman–Crippen LogP) is 0.531. The van der Waals surface area contributed by atoms with Crippen LogP contribution in [0.25, 0.3) is 0 Å². The molecule has 0 aliphatic carbocycles. The van der Waals surface area contributed by atoms with Gasteiger partial charge in [-0.1, -0.05) is 0 Å². The molecule has 1 saturated heterocycles. The van der Waals surface area contributed by atoms with Gasteiger partial charge in [0, 0.05) is 17.8 Å². The van der Waals surface area contributed by atoms with Crippen molar-refractivity contribution in [2.24, 2.45) is 0 Å². The number of anilines is 2. The minimum Gasteiger partial charge on any atom is -0.368 e. The van der Waals surface area contributed by atoms with E-state index in [0.717, 1.165) is 37.4 Å². The Morgan fingerprint density at radius 2 is 2.13 bits per heavy atom. The second-order valence-electron chi connectivity index (χ2n) is 3.92. The average Bonchev–Trinajstić information content (AvgIpc) is 2.17. The maximum atomic E-state index is 5.59. The van der Waals surface area contributed by atoms with Crippen molar-refractivity contribution in [2.45, 2.75) is 25.8 Å². The van der Waals surface area contributed by atoms with Crippen LogP contribution in [0.1, 0.15) is 18.5 Å². The van der Waals surface area contributed by atoms with Gasteiger partial charge < -0.3 is 16.4 Å². The highest BCUT2D eigenvalue weighted by molar-refractivity contribution is 5.41. The molecule has 5 nitrogen and oxygen atoms in total. The molecule has 1 aromatic heterocycles. The molecule has 82 valence electrons. The van der Waals surface area contributed by atoms with Gasteiger partial charge in [0.1, 0.15) is 5.82 Å². The minimum atomic E-state index is 0.339. The molecule has 0 saturated carbocycles. The van der Waals surface area contributed by atoms with Crippen molar-refractivity contribution in [3.8, 4) is 0 Å². The Labute approximate surface area is 89.5 Å². The number of rotatable bonds is 2. The highest BCUT2D eigenvalue weighted by Crippen LogP contribution is 2.12. The normalized spacial score (nSPS) is 17.7. The van der Waals surface area contributed by atoms with Crippen molar-refractivity contribution in [2.75, 3.05) is 24.1 Å². The molecule has 1 fully saturated rings. The molecule has 1 aromatic rings. The number of aromatic nitrogens is 2. The van der Waals surface area contributed by atoms with Crippen LogP contribution in [0.3, 0.4) is 0 Å². The summed E-state index contributed by atoms with van der Waals surface area (Å²) in [5.41, 5.74) is 6.49. The first-order valence-electron chi connectivity index (χ1n) is 5.32. The van der Waals surface area contributed by atoms with Crippen molar-refractivity contribution in [3.63, 3.8) is 0 Å². The van der Waals surface area contributed by atoms with Crippen LogP contribution < -0.4 is 16.4 Å². The van der Waals surface area contributed by atoms with Gasteiger partial charge in [0.05, 0.1) is 0 Å². The maximum Gasteiger partial charge on any atom is 0.222 e. The van der Waals surface area contributed by atoms with Crippen molar-refractivity contribution in [1.29, 1.82) is 0 Å². The quantitative estimate of drug-likeness (QED) is 0.659. The van der Waals surface area contributed by atoms with Gasteiger partial charge in [-0.2, -0.15) is 4.98 Å². The van der Waals surface area contributed by atoms with E-state index in [1.54, 1.807) is 0 Å². The largest absolute Gasteiger partial charge is 0.368 e. The van der Waals surface area contributed by atoms with E-state index in [1.165, 1.54) is 0 Å². The number of hydrogen-bond donors (Lipinski definition) is 3. The molecular weight excluding hydrogens is 190 g/mol. The molecule has 0 bridgehead atoms. The molecule has 5 heteroatoms. The summed E-state index contributed by atoms with van der Waals surface area (Å²) in [6, 6.07) is 2.43. The van der Waals surface area contributed by atoms with E-state index in [0.29, 0.717) is 12.0 Å². The Balaban J connectivity index is 2.02. The highest BCUT2D eigenvalue weighted by atomic mass is 15.1. The fourth-order valence-corrected chi connectivity index (χ4v) is 1.84. The van der Waals surface area contributed by atoms with E-state index >= 15 is 0 Å². The van der Waals surface area contributed by atoms with E-state index in [4.69, 9.17) is 5.73 Å². The van der Waals surface area contributed by atoms with Crippen LogP contribution in [0.15, 0.2) is 6.07 Å². The molecular formula is C10H17N5. The summed E-state index contributed by atoms with van der Waals surface area (Å²) in [4.78, 5) is 8.20. The number of nitrogens with one attached hydrogen (secondary N) is 2. The van der Waals surface area contributed by atoms with Gasteiger partial charge in [0.15, 0.2) is 0 Å². The van der Waals surface area contributed by atoms with E-state index in [-0.39, 0.29) is 0 Å². The molecule has 15 heavy (non-hydrogen) atoms. The van der Waals surface area contributed by atoms with Crippen LogP contribution in [-0.2, 0) is 0 Å². The zero-order valence-electron chi connectivity index (χ0n) is 8.95. The van der Waals surface area contributed by atoms with Gasteiger partial charge in [-0.3, -0.25) is 0 Å². The van der Waals surface area contributed by atoms with Gasteiger partial charge in [0.25, 0.3) is 0 Å². The Morgan fingerprint density at radius 1 is 1.40 bits per heavy atom. The second-order valence-corrected chi connectivity index (χ2v) is 3.92. The number of nitrogen functional groups attached to an aromatic ring is 1. The maximum absolute atomic E-state index is 5.59. The fourth-order valence-electron chi connectivity index (χ4n) is 1.84. The summed E-state index contributed by atoms with van der Waals surface area (Å²) in [5, 5.41) is 6.72. The summed E-state index contributed by atoms with van der Waals surface area (Å²) in [7, 11) is 0. The second kappa shape index (κ2) is 4.44. The Hall–Kier alpha value is -1.36. The van der Waals surface area contributed by atoms with Gasteiger partial charge in [0.2, 0.25) is 5.95 Å². The molecule has 0 unspecified atom stereocenters. The first-order valence-corrected chi connectivity index (χ1v) is 5.32. The Morgan fingerprint density at radius 3 is 2.80 bits per heavy atom. The van der Waals surface area contributed by atoms with Crippen molar-refractivity contribution in [3.05, 3.63) is 11.8 Å². The monoisotopic (exact) mass is 207 g/mol. The average molecular weight is 207 g/mol. The molecule has 0 amide bonds. The molecule has 0 radical (unpaired) electrons. The zero-order chi connectivity index (χ0) is 10.7. The number of nitrogens with zero attached hydrogens (tertiary/aromatic N) is 2. The van der Waals surface area contributed by atoms with E-state index in [9.17, 15) is 0 Å². The minimum absolute atomic E-state index is 0.339. The first kappa shape index (κ1) is 10.2. The fraction of sp³-hybridized carbons (Fsp3) is 0.600. The van der Waals surface area contributed by atoms with Crippen LogP contribution in [0, 0.1) is 6.92 Å². The first-order chi connectivity index (χ1) is 7.24. The molecule has 0 atom stereocenters. The van der Waals surface area contributed by atoms with Gasteiger partial charge >= 0.3 is 0 Å². The molecule has 4 N–H and O–H groups in total. The lowest BCUT2D eigenvalue weighted by Gasteiger charge is -2.24. The van der Waals surface area contributed by atoms with Gasteiger partial charge in [-0.05, 0) is 32.9 Å². The zero-order valence-corrected chi connectivity index (χ0v) is 8.95. The smallest absolute Gasteiger partial charge is 0.222 e. The van der Waals surface area contributed by atoms with Crippen molar-refractivity contribution in [1.82, 2.24) is 15.3 Å². The third kappa shape index (κ3) is 2.79. The number of nitrogens with two attached hydrogens (primary N) is 1. The van der Waals surface area contributed by atoms with Crippen LogP contribution in [0.5, 0.6) is 0 Å². The summed E-state index contributed by atoms with van der Waals surface area (Å²) in [5.74, 6) is 1.18. The topological polar surface area (TPSA) is 75.9 Å². The highest BCUT2D eigenvalue weighted by Gasteiger charge is 2.13. The van der Waals surface area contributed by atoms with E-state index in [1.807, 2.05) is 13.0 Å².